The predicted molar refractivity (Wildman–Crippen MR) is 121 cm³/mol. The smallest absolute Gasteiger partial charge is 0.337 e. The molecule has 2 N–H and O–H groups in total. The van der Waals surface area contributed by atoms with Gasteiger partial charge in [0.2, 0.25) is 0 Å². The zero-order valence-corrected chi connectivity index (χ0v) is 19.0. The first-order valence-corrected chi connectivity index (χ1v) is 11.7. The molecule has 1 saturated heterocycles. The maximum absolute atomic E-state index is 12.7. The van der Waals surface area contributed by atoms with Crippen molar-refractivity contribution in [3.8, 4) is 11.8 Å². The first-order chi connectivity index (χ1) is 15.2. The van der Waals surface area contributed by atoms with Gasteiger partial charge in [0.1, 0.15) is 5.75 Å². The molecule has 1 heterocycles. The molecule has 0 radical (unpaired) electrons. The molecular weight excluding hydrogens is 456 g/mol. The van der Waals surface area contributed by atoms with Crippen molar-refractivity contribution in [2.45, 2.75) is 11.3 Å². The standard InChI is InChI=1S/C21H23ClN4O5S/c1-31-20-6-4-16(14-18(20)22)32(29,30)24-15-3-5-19(17(13-15)21(27)28)26-11-9-25(10-12-26)8-2-7-23/h3-6,13-14,24H,2,8-12H2,1H3,(H,27,28). The molecule has 0 unspecified atom stereocenters. The molecule has 1 fully saturated rings. The first kappa shape index (κ1) is 23.7. The van der Waals surface area contributed by atoms with Gasteiger partial charge in [0.25, 0.3) is 10.0 Å². The Kier molecular flexibility index (Phi) is 7.45. The highest BCUT2D eigenvalue weighted by Gasteiger charge is 2.23. The lowest BCUT2D eigenvalue weighted by Crippen LogP contribution is -2.47. The summed E-state index contributed by atoms with van der Waals surface area (Å²) in [4.78, 5) is 15.9. The number of hydrogen-bond acceptors (Lipinski definition) is 7. The van der Waals surface area contributed by atoms with Crippen LogP contribution in [0.5, 0.6) is 5.75 Å². The van der Waals surface area contributed by atoms with Gasteiger partial charge in [-0.05, 0) is 36.4 Å². The van der Waals surface area contributed by atoms with Crippen molar-refractivity contribution in [2.24, 2.45) is 0 Å². The van der Waals surface area contributed by atoms with E-state index in [-0.39, 0.29) is 21.2 Å². The molecule has 0 aromatic heterocycles. The van der Waals surface area contributed by atoms with Crippen LogP contribution in [-0.2, 0) is 10.0 Å². The number of benzene rings is 2. The number of carbonyl (C=O) groups is 1. The molecule has 1 aliphatic rings. The number of nitriles is 1. The molecule has 2 aromatic carbocycles. The number of anilines is 2. The van der Waals surface area contributed by atoms with E-state index in [2.05, 4.69) is 15.7 Å². The number of aromatic carboxylic acids is 1. The highest BCUT2D eigenvalue weighted by atomic mass is 35.5. The Balaban J connectivity index is 1.80. The van der Waals surface area contributed by atoms with Crippen molar-refractivity contribution < 1.29 is 23.1 Å². The zero-order valence-electron chi connectivity index (χ0n) is 17.4. The molecule has 170 valence electrons. The second-order valence-electron chi connectivity index (χ2n) is 7.18. The number of carboxylic acids is 1. The lowest BCUT2D eigenvalue weighted by atomic mass is 10.1. The van der Waals surface area contributed by atoms with Gasteiger partial charge < -0.3 is 14.7 Å². The maximum Gasteiger partial charge on any atom is 0.337 e. The van der Waals surface area contributed by atoms with Crippen molar-refractivity contribution in [2.75, 3.05) is 49.5 Å². The molecule has 0 atom stereocenters. The van der Waals surface area contributed by atoms with Crippen LogP contribution in [0.3, 0.4) is 0 Å². The monoisotopic (exact) mass is 478 g/mol. The van der Waals surface area contributed by atoms with Gasteiger partial charge in [-0.2, -0.15) is 5.26 Å². The minimum atomic E-state index is -3.99. The van der Waals surface area contributed by atoms with Crippen LogP contribution in [0.1, 0.15) is 16.8 Å². The molecule has 0 aliphatic carbocycles. The largest absolute Gasteiger partial charge is 0.495 e. The number of ether oxygens (including phenoxy) is 1. The summed E-state index contributed by atoms with van der Waals surface area (Å²) in [6.07, 6.45) is 0.453. The Morgan fingerprint density at radius 2 is 1.94 bits per heavy atom. The van der Waals surface area contributed by atoms with Gasteiger partial charge in [-0.25, -0.2) is 13.2 Å². The van der Waals surface area contributed by atoms with Crippen LogP contribution >= 0.6 is 11.6 Å². The van der Waals surface area contributed by atoms with E-state index in [9.17, 15) is 18.3 Å². The number of rotatable bonds is 8. The normalized spacial score (nSPS) is 14.6. The summed E-state index contributed by atoms with van der Waals surface area (Å²) in [5.74, 6) is -0.809. The first-order valence-electron chi connectivity index (χ1n) is 9.83. The van der Waals surface area contributed by atoms with Gasteiger partial charge in [-0.1, -0.05) is 11.6 Å². The molecule has 2 aromatic rings. The van der Waals surface area contributed by atoms with Gasteiger partial charge in [-0.3, -0.25) is 9.62 Å². The van der Waals surface area contributed by atoms with Crippen LogP contribution in [0, 0.1) is 11.3 Å². The lowest BCUT2D eigenvalue weighted by molar-refractivity contribution is 0.0697. The Bertz CT molecular complexity index is 1140. The predicted octanol–water partition coefficient (Wildman–Crippen LogP) is 2.88. The third-order valence-electron chi connectivity index (χ3n) is 5.17. The SMILES string of the molecule is COc1ccc(S(=O)(=O)Nc2ccc(N3CCN(CCC#N)CC3)c(C(=O)O)c2)cc1Cl. The topological polar surface area (TPSA) is 123 Å². The summed E-state index contributed by atoms with van der Waals surface area (Å²) in [5, 5.41) is 18.6. The molecule has 1 aliphatic heterocycles. The van der Waals surface area contributed by atoms with Gasteiger partial charge in [0.15, 0.2) is 0 Å². The third kappa shape index (κ3) is 5.43. The lowest BCUT2D eigenvalue weighted by Gasteiger charge is -2.36. The molecule has 11 heteroatoms. The fraction of sp³-hybridized carbons (Fsp3) is 0.333. The third-order valence-corrected chi connectivity index (χ3v) is 6.84. The summed E-state index contributed by atoms with van der Waals surface area (Å²) < 4.78 is 32.9. The fourth-order valence-corrected chi connectivity index (χ4v) is 4.89. The van der Waals surface area contributed by atoms with Crippen molar-refractivity contribution in [3.63, 3.8) is 0 Å². The maximum atomic E-state index is 12.7. The molecular formula is C21H23ClN4O5S. The number of halogens is 1. The van der Waals surface area contributed by atoms with Crippen molar-refractivity contribution in [3.05, 3.63) is 47.0 Å². The number of nitrogens with one attached hydrogen (secondary N) is 1. The van der Waals surface area contributed by atoms with Gasteiger partial charge >= 0.3 is 5.97 Å². The minimum absolute atomic E-state index is 0.00318. The fourth-order valence-electron chi connectivity index (χ4n) is 3.50. The Labute approximate surface area is 191 Å². The van der Waals surface area contributed by atoms with Gasteiger partial charge in [-0.15, -0.1) is 0 Å². The van der Waals surface area contributed by atoms with E-state index in [1.54, 1.807) is 6.07 Å². The molecule has 32 heavy (non-hydrogen) atoms. The van der Waals surface area contributed by atoms with E-state index in [1.807, 2.05) is 4.90 Å². The number of nitrogens with zero attached hydrogens (tertiary/aromatic N) is 3. The van der Waals surface area contributed by atoms with E-state index in [1.165, 1.54) is 37.4 Å². The van der Waals surface area contributed by atoms with Crippen molar-refractivity contribution in [1.82, 2.24) is 4.90 Å². The van der Waals surface area contributed by atoms with E-state index in [4.69, 9.17) is 21.6 Å². The second-order valence-corrected chi connectivity index (χ2v) is 9.27. The summed E-state index contributed by atoms with van der Waals surface area (Å²) in [6, 6.07) is 10.6. The highest BCUT2D eigenvalue weighted by molar-refractivity contribution is 7.92. The zero-order chi connectivity index (χ0) is 23.3. The molecule has 0 spiro atoms. The van der Waals surface area contributed by atoms with Gasteiger partial charge in [0.05, 0.1) is 34.3 Å². The number of sulfonamides is 1. The molecule has 0 amide bonds. The van der Waals surface area contributed by atoms with E-state index < -0.39 is 16.0 Å². The van der Waals surface area contributed by atoms with Crippen LogP contribution < -0.4 is 14.4 Å². The van der Waals surface area contributed by atoms with Crippen LogP contribution in [0.4, 0.5) is 11.4 Å². The van der Waals surface area contributed by atoms with Crippen molar-refractivity contribution >= 4 is 39.0 Å². The van der Waals surface area contributed by atoms with Crippen LogP contribution in [-0.4, -0.2) is 64.2 Å². The van der Waals surface area contributed by atoms with Crippen LogP contribution in [0.25, 0.3) is 0 Å². The Morgan fingerprint density at radius 1 is 1.22 bits per heavy atom. The van der Waals surface area contributed by atoms with Crippen LogP contribution in [0.2, 0.25) is 5.02 Å². The Morgan fingerprint density at radius 3 is 2.53 bits per heavy atom. The Hall–Kier alpha value is -3.00. The molecule has 0 saturated carbocycles. The number of methoxy groups -OCH3 is 1. The summed E-state index contributed by atoms with van der Waals surface area (Å²) >= 11 is 6.03. The van der Waals surface area contributed by atoms with Crippen LogP contribution in [0.15, 0.2) is 41.3 Å². The average molecular weight is 479 g/mol. The summed E-state index contributed by atoms with van der Waals surface area (Å²) in [6.45, 7) is 3.34. The van der Waals surface area contributed by atoms with E-state index in [0.717, 1.165) is 0 Å². The van der Waals surface area contributed by atoms with Crippen molar-refractivity contribution in [1.29, 1.82) is 5.26 Å². The van der Waals surface area contributed by atoms with Gasteiger partial charge in [0, 0.05) is 44.8 Å². The quantitative estimate of drug-likeness (QED) is 0.593. The minimum Gasteiger partial charge on any atom is -0.495 e. The number of hydrogen-bond donors (Lipinski definition) is 2. The molecule has 0 bridgehead atoms. The molecule has 3 rings (SSSR count). The average Bonchev–Trinajstić information content (AvgIpc) is 2.77. The highest BCUT2D eigenvalue weighted by Crippen LogP contribution is 2.30. The summed E-state index contributed by atoms with van der Waals surface area (Å²) in [5.41, 5.74) is 0.655. The number of piperazine rings is 1. The number of carboxylic acid groups (broad SMARTS) is 1. The molecule has 9 nitrogen and oxygen atoms in total. The van der Waals surface area contributed by atoms with E-state index >= 15 is 0 Å². The summed E-state index contributed by atoms with van der Waals surface area (Å²) in [7, 11) is -2.56. The second kappa shape index (κ2) is 10.1. The van der Waals surface area contributed by atoms with E-state index in [0.29, 0.717) is 50.6 Å².